The molecule has 0 fully saturated rings. The van der Waals surface area contributed by atoms with E-state index in [9.17, 15) is 14.4 Å². The van der Waals surface area contributed by atoms with Crippen LogP contribution in [0.15, 0.2) is 110 Å². The molecule has 39 heavy (non-hydrogen) atoms. The van der Waals surface area contributed by atoms with Crippen LogP contribution >= 0.6 is 0 Å². The SMILES string of the molecule is C=CC(=O)OCOc1ccc(C(=O)Oc2ccc(-c3ccc(OC(=O)c4ccc(OC)cc4)cc3)cc2)cc1. The van der Waals surface area contributed by atoms with Gasteiger partial charge in [0.25, 0.3) is 0 Å². The number of methoxy groups -OCH3 is 1. The van der Waals surface area contributed by atoms with Gasteiger partial charge in [-0.05, 0) is 83.9 Å². The van der Waals surface area contributed by atoms with Crippen molar-refractivity contribution in [3.8, 4) is 34.1 Å². The molecule has 0 aliphatic rings. The molecule has 0 aromatic heterocycles. The molecule has 0 spiro atoms. The molecule has 0 aliphatic carbocycles. The molecule has 0 saturated heterocycles. The number of benzene rings is 4. The Kier molecular flexibility index (Phi) is 8.71. The minimum absolute atomic E-state index is 0.265. The second-order valence-electron chi connectivity index (χ2n) is 8.01. The van der Waals surface area contributed by atoms with Crippen molar-refractivity contribution < 1.29 is 38.1 Å². The van der Waals surface area contributed by atoms with E-state index in [1.807, 2.05) is 24.3 Å². The van der Waals surface area contributed by atoms with Crippen LogP contribution in [0.1, 0.15) is 20.7 Å². The van der Waals surface area contributed by atoms with Crippen LogP contribution in [0.3, 0.4) is 0 Å². The van der Waals surface area contributed by atoms with Crippen LogP contribution in [0.25, 0.3) is 11.1 Å². The van der Waals surface area contributed by atoms with E-state index in [1.54, 1.807) is 79.9 Å². The molecule has 196 valence electrons. The quantitative estimate of drug-likeness (QED) is 0.110. The predicted octanol–water partition coefficient (Wildman–Crippen LogP) is 5.87. The van der Waals surface area contributed by atoms with E-state index in [4.69, 9.17) is 23.7 Å². The molecule has 0 saturated carbocycles. The summed E-state index contributed by atoms with van der Waals surface area (Å²) >= 11 is 0. The highest BCUT2D eigenvalue weighted by molar-refractivity contribution is 5.92. The van der Waals surface area contributed by atoms with Gasteiger partial charge in [0.1, 0.15) is 23.0 Å². The summed E-state index contributed by atoms with van der Waals surface area (Å²) in [4.78, 5) is 35.9. The van der Waals surface area contributed by atoms with Crippen molar-refractivity contribution in [2.24, 2.45) is 0 Å². The molecule has 4 rings (SSSR count). The number of carbonyl (C=O) groups is 3. The fraction of sp³-hybridized carbons (Fsp3) is 0.0645. The molecule has 0 unspecified atom stereocenters. The number of hydrogen-bond donors (Lipinski definition) is 0. The first-order valence-electron chi connectivity index (χ1n) is 11.8. The fourth-order valence-corrected chi connectivity index (χ4v) is 3.39. The van der Waals surface area contributed by atoms with Gasteiger partial charge in [-0.2, -0.15) is 0 Å². The van der Waals surface area contributed by atoms with Gasteiger partial charge in [0, 0.05) is 6.08 Å². The Hall–Kier alpha value is -5.37. The average molecular weight is 525 g/mol. The van der Waals surface area contributed by atoms with Gasteiger partial charge in [0.15, 0.2) is 0 Å². The zero-order valence-corrected chi connectivity index (χ0v) is 21.0. The smallest absolute Gasteiger partial charge is 0.343 e. The molecule has 4 aromatic rings. The first-order chi connectivity index (χ1) is 18.9. The number of ether oxygens (including phenoxy) is 5. The first-order valence-corrected chi connectivity index (χ1v) is 11.8. The summed E-state index contributed by atoms with van der Waals surface area (Å²) in [6.07, 6.45) is 1.04. The molecule has 0 amide bonds. The fourth-order valence-electron chi connectivity index (χ4n) is 3.39. The third-order valence-corrected chi connectivity index (χ3v) is 5.47. The Morgan fingerprint density at radius 2 is 1.03 bits per heavy atom. The Morgan fingerprint density at radius 3 is 1.44 bits per heavy atom. The van der Waals surface area contributed by atoms with Crippen LogP contribution in [0.5, 0.6) is 23.0 Å². The van der Waals surface area contributed by atoms with Gasteiger partial charge < -0.3 is 23.7 Å². The van der Waals surface area contributed by atoms with E-state index in [2.05, 4.69) is 6.58 Å². The minimum atomic E-state index is -0.593. The number of rotatable bonds is 10. The van der Waals surface area contributed by atoms with Crippen molar-refractivity contribution in [2.75, 3.05) is 13.9 Å². The first kappa shape index (κ1) is 26.7. The summed E-state index contributed by atoms with van der Waals surface area (Å²) in [5, 5.41) is 0. The van der Waals surface area contributed by atoms with Gasteiger partial charge in [-0.1, -0.05) is 30.8 Å². The summed E-state index contributed by atoms with van der Waals surface area (Å²) in [7, 11) is 1.56. The number of hydrogen-bond acceptors (Lipinski definition) is 8. The van der Waals surface area contributed by atoms with Gasteiger partial charge in [0.2, 0.25) is 6.79 Å². The van der Waals surface area contributed by atoms with E-state index in [0.29, 0.717) is 34.1 Å². The highest BCUT2D eigenvalue weighted by atomic mass is 16.7. The van der Waals surface area contributed by atoms with Crippen LogP contribution in [0, 0.1) is 0 Å². The summed E-state index contributed by atoms with van der Waals surface area (Å²) in [6, 6.07) is 27.0. The zero-order chi connectivity index (χ0) is 27.6. The third-order valence-electron chi connectivity index (χ3n) is 5.47. The molecule has 0 atom stereocenters. The predicted molar refractivity (Wildman–Crippen MR) is 143 cm³/mol. The van der Waals surface area contributed by atoms with E-state index in [1.165, 1.54) is 0 Å². The Morgan fingerprint density at radius 1 is 0.615 bits per heavy atom. The van der Waals surface area contributed by atoms with Crippen molar-refractivity contribution in [1.82, 2.24) is 0 Å². The monoisotopic (exact) mass is 524 g/mol. The number of carbonyl (C=O) groups excluding carboxylic acids is 3. The molecule has 0 radical (unpaired) electrons. The second kappa shape index (κ2) is 12.7. The lowest BCUT2D eigenvalue weighted by atomic mass is 10.1. The van der Waals surface area contributed by atoms with Gasteiger partial charge in [-0.25, -0.2) is 14.4 Å². The maximum Gasteiger partial charge on any atom is 0.343 e. The van der Waals surface area contributed by atoms with Crippen LogP contribution in [0.4, 0.5) is 0 Å². The lowest BCUT2D eigenvalue weighted by Gasteiger charge is -2.09. The summed E-state index contributed by atoms with van der Waals surface area (Å²) < 4.78 is 26.0. The van der Waals surface area contributed by atoms with Gasteiger partial charge in [0.05, 0.1) is 18.2 Å². The standard InChI is InChI=1S/C31H24O8/c1-3-29(32)37-20-36-26-14-10-24(11-15-26)31(34)39-28-18-6-22(7-19-28)21-4-16-27(17-5-21)38-30(33)23-8-12-25(35-2)13-9-23/h3-19H,1,20H2,2H3. The lowest BCUT2D eigenvalue weighted by Crippen LogP contribution is -2.09. The molecule has 8 heteroatoms. The Bertz CT molecular complexity index is 1440. The lowest BCUT2D eigenvalue weighted by molar-refractivity contribution is -0.144. The highest BCUT2D eigenvalue weighted by Gasteiger charge is 2.11. The van der Waals surface area contributed by atoms with Crippen molar-refractivity contribution in [2.45, 2.75) is 0 Å². The summed E-state index contributed by atoms with van der Waals surface area (Å²) in [5.74, 6) is 0.287. The third kappa shape index (κ3) is 7.33. The molecule has 0 aliphatic heterocycles. The van der Waals surface area contributed by atoms with Crippen LogP contribution < -0.4 is 18.9 Å². The molecular formula is C31H24O8. The summed E-state index contributed by atoms with van der Waals surface area (Å²) in [6.45, 7) is 3.03. The van der Waals surface area contributed by atoms with Crippen LogP contribution in [-0.4, -0.2) is 31.8 Å². The minimum Gasteiger partial charge on any atom is -0.497 e. The molecule has 0 bridgehead atoms. The number of esters is 3. The van der Waals surface area contributed by atoms with E-state index in [-0.39, 0.29) is 6.79 Å². The van der Waals surface area contributed by atoms with Gasteiger partial charge >= 0.3 is 17.9 Å². The largest absolute Gasteiger partial charge is 0.497 e. The molecule has 4 aromatic carbocycles. The normalized spacial score (nSPS) is 10.2. The maximum absolute atomic E-state index is 12.5. The van der Waals surface area contributed by atoms with Crippen molar-refractivity contribution >= 4 is 17.9 Å². The van der Waals surface area contributed by atoms with Gasteiger partial charge in [-0.15, -0.1) is 0 Å². The van der Waals surface area contributed by atoms with Crippen molar-refractivity contribution in [3.05, 3.63) is 121 Å². The van der Waals surface area contributed by atoms with Crippen LogP contribution in [-0.2, 0) is 9.53 Å². The molecule has 0 heterocycles. The van der Waals surface area contributed by atoms with Crippen molar-refractivity contribution in [3.63, 3.8) is 0 Å². The average Bonchev–Trinajstić information content (AvgIpc) is 2.98. The van der Waals surface area contributed by atoms with Crippen molar-refractivity contribution in [1.29, 1.82) is 0 Å². The van der Waals surface area contributed by atoms with E-state index < -0.39 is 17.9 Å². The van der Waals surface area contributed by atoms with E-state index in [0.717, 1.165) is 17.2 Å². The van der Waals surface area contributed by atoms with Gasteiger partial charge in [-0.3, -0.25) is 0 Å². The summed E-state index contributed by atoms with van der Waals surface area (Å²) in [5.41, 5.74) is 2.53. The second-order valence-corrected chi connectivity index (χ2v) is 8.01. The van der Waals surface area contributed by atoms with Crippen LogP contribution in [0.2, 0.25) is 0 Å². The van der Waals surface area contributed by atoms with E-state index >= 15 is 0 Å². The molecule has 0 N–H and O–H groups in total. The topological polar surface area (TPSA) is 97.4 Å². The molecular weight excluding hydrogens is 500 g/mol. The highest BCUT2D eigenvalue weighted by Crippen LogP contribution is 2.26. The Labute approximate surface area is 225 Å². The molecule has 8 nitrogen and oxygen atoms in total. The maximum atomic E-state index is 12.5. The Balaban J connectivity index is 1.31. The zero-order valence-electron chi connectivity index (χ0n) is 21.0.